The summed E-state index contributed by atoms with van der Waals surface area (Å²) in [4.78, 5) is 21.6. The van der Waals surface area contributed by atoms with E-state index >= 15 is 0 Å². The second-order valence-corrected chi connectivity index (χ2v) is 2.53. The predicted octanol–water partition coefficient (Wildman–Crippen LogP) is 0.962. The zero-order chi connectivity index (χ0) is 8.59. The molecule has 0 aliphatic carbocycles. The summed E-state index contributed by atoms with van der Waals surface area (Å²) < 4.78 is 4.31. The van der Waals surface area contributed by atoms with Crippen LogP contribution in [0.15, 0.2) is 23.3 Å². The van der Waals surface area contributed by atoms with Crippen LogP contribution < -0.4 is 0 Å². The van der Waals surface area contributed by atoms with Gasteiger partial charge in [0.1, 0.15) is 0 Å². The fourth-order valence-corrected chi connectivity index (χ4v) is 0.928. The molecule has 0 saturated carbocycles. The smallest absolute Gasteiger partial charge is 0.346 e. The summed E-state index contributed by atoms with van der Waals surface area (Å²) in [6.07, 6.45) is 0. The van der Waals surface area contributed by atoms with E-state index in [0.29, 0.717) is 5.57 Å². The molecule has 0 amide bonds. The number of carbonyl (C=O) groups excluding carboxylic acids is 2. The number of allylic oxidation sites excluding steroid dienone is 1. The van der Waals surface area contributed by atoms with Crippen LogP contribution in [0.25, 0.3) is 0 Å². The molecule has 0 unspecified atom stereocenters. The third-order valence-electron chi connectivity index (χ3n) is 1.44. The third kappa shape index (κ3) is 1.09. The summed E-state index contributed by atoms with van der Waals surface area (Å²) in [6, 6.07) is 0. The summed E-state index contributed by atoms with van der Waals surface area (Å²) in [7, 11) is 0. The zero-order valence-electron chi connectivity index (χ0n) is 6.43. The van der Waals surface area contributed by atoms with Crippen LogP contribution in [0.1, 0.15) is 13.8 Å². The van der Waals surface area contributed by atoms with E-state index in [0.717, 1.165) is 5.57 Å². The van der Waals surface area contributed by atoms with Gasteiger partial charge in [-0.25, -0.2) is 9.59 Å². The lowest BCUT2D eigenvalue weighted by atomic mass is 10.1. The van der Waals surface area contributed by atoms with Crippen molar-refractivity contribution in [2.75, 3.05) is 0 Å². The lowest BCUT2D eigenvalue weighted by molar-refractivity contribution is -0.149. The van der Waals surface area contributed by atoms with Crippen LogP contribution in [0, 0.1) is 0 Å². The summed E-state index contributed by atoms with van der Waals surface area (Å²) in [5.74, 6) is -1.22. The van der Waals surface area contributed by atoms with E-state index in [1.54, 1.807) is 13.8 Å². The average Bonchev–Trinajstić information content (AvgIpc) is 2.07. The molecular formula is C8H8O3. The third-order valence-corrected chi connectivity index (χ3v) is 1.44. The number of hydrogen-bond donors (Lipinski definition) is 0. The van der Waals surface area contributed by atoms with E-state index in [4.69, 9.17) is 0 Å². The maximum absolute atomic E-state index is 10.9. The molecule has 1 aliphatic heterocycles. The fraction of sp³-hybridized carbons (Fsp3) is 0.250. The van der Waals surface area contributed by atoms with Crippen molar-refractivity contribution in [3.63, 3.8) is 0 Å². The van der Waals surface area contributed by atoms with Gasteiger partial charge in [0.25, 0.3) is 0 Å². The summed E-state index contributed by atoms with van der Waals surface area (Å²) in [5.41, 5.74) is 1.23. The minimum atomic E-state index is -0.633. The number of rotatable bonds is 0. The van der Waals surface area contributed by atoms with E-state index in [1.807, 2.05) is 0 Å². The van der Waals surface area contributed by atoms with Gasteiger partial charge in [-0.2, -0.15) is 0 Å². The molecule has 1 fully saturated rings. The summed E-state index contributed by atoms with van der Waals surface area (Å²) in [5, 5.41) is 0. The van der Waals surface area contributed by atoms with Crippen LogP contribution in [0.5, 0.6) is 0 Å². The highest BCUT2D eigenvalue weighted by Gasteiger charge is 2.32. The van der Waals surface area contributed by atoms with Crippen molar-refractivity contribution in [1.29, 1.82) is 0 Å². The van der Waals surface area contributed by atoms with Crippen molar-refractivity contribution in [2.45, 2.75) is 13.8 Å². The first-order chi connectivity index (χ1) is 5.04. The lowest BCUT2D eigenvalue weighted by Gasteiger charge is -1.92. The quantitative estimate of drug-likeness (QED) is 0.295. The topological polar surface area (TPSA) is 43.4 Å². The summed E-state index contributed by atoms with van der Waals surface area (Å²) >= 11 is 0. The molecule has 0 N–H and O–H groups in total. The molecule has 3 nitrogen and oxygen atoms in total. The zero-order valence-corrected chi connectivity index (χ0v) is 6.43. The molecule has 0 aromatic rings. The number of ether oxygens (including phenoxy) is 1. The Morgan fingerprint density at radius 1 is 1.27 bits per heavy atom. The van der Waals surface area contributed by atoms with E-state index in [-0.39, 0.29) is 5.57 Å². The van der Waals surface area contributed by atoms with Gasteiger partial charge in [-0.3, -0.25) is 0 Å². The number of esters is 2. The van der Waals surface area contributed by atoms with Crippen molar-refractivity contribution in [2.24, 2.45) is 0 Å². The van der Waals surface area contributed by atoms with Crippen LogP contribution >= 0.6 is 0 Å². The van der Waals surface area contributed by atoms with E-state index < -0.39 is 11.9 Å². The van der Waals surface area contributed by atoms with Gasteiger partial charge in [-0.1, -0.05) is 12.2 Å². The van der Waals surface area contributed by atoms with Gasteiger partial charge < -0.3 is 4.74 Å². The Hall–Kier alpha value is -1.38. The summed E-state index contributed by atoms with van der Waals surface area (Å²) in [6.45, 7) is 6.91. The van der Waals surface area contributed by atoms with E-state index in [2.05, 4.69) is 11.3 Å². The SMILES string of the molecule is C=C1C(=O)OC(=O)C1=C(C)C. The Morgan fingerprint density at radius 3 is 2.00 bits per heavy atom. The first kappa shape index (κ1) is 7.72. The van der Waals surface area contributed by atoms with Crippen molar-refractivity contribution in [3.05, 3.63) is 23.3 Å². The molecule has 0 spiro atoms. The Labute approximate surface area is 64.3 Å². The van der Waals surface area contributed by atoms with Gasteiger partial charge in [-0.05, 0) is 13.8 Å². The lowest BCUT2D eigenvalue weighted by Crippen LogP contribution is -1.97. The maximum atomic E-state index is 10.9. The van der Waals surface area contributed by atoms with Crippen LogP contribution in [0.3, 0.4) is 0 Å². The van der Waals surface area contributed by atoms with Gasteiger partial charge in [0, 0.05) is 0 Å². The molecule has 3 heteroatoms. The highest BCUT2D eigenvalue weighted by Crippen LogP contribution is 2.22. The molecule has 0 aromatic carbocycles. The second-order valence-electron chi connectivity index (χ2n) is 2.53. The minimum Gasteiger partial charge on any atom is -0.386 e. The average molecular weight is 152 g/mol. The van der Waals surface area contributed by atoms with Crippen LogP contribution in [0.4, 0.5) is 0 Å². The molecule has 0 bridgehead atoms. The molecular weight excluding hydrogens is 144 g/mol. The van der Waals surface area contributed by atoms with Gasteiger partial charge in [0.15, 0.2) is 0 Å². The van der Waals surface area contributed by atoms with Gasteiger partial charge in [0.05, 0.1) is 11.1 Å². The molecule has 0 aromatic heterocycles. The standard InChI is InChI=1S/C8H8O3/c1-4(2)6-5(3)7(9)11-8(6)10/h3H2,1-2H3. The van der Waals surface area contributed by atoms with Crippen molar-refractivity contribution in [3.8, 4) is 0 Å². The first-order valence-corrected chi connectivity index (χ1v) is 3.17. The number of cyclic esters (lactones) is 2. The van der Waals surface area contributed by atoms with E-state index in [9.17, 15) is 9.59 Å². The van der Waals surface area contributed by atoms with Crippen molar-refractivity contribution < 1.29 is 14.3 Å². The van der Waals surface area contributed by atoms with Gasteiger partial charge >= 0.3 is 11.9 Å². The first-order valence-electron chi connectivity index (χ1n) is 3.17. The normalized spacial score (nSPS) is 17.3. The van der Waals surface area contributed by atoms with Crippen molar-refractivity contribution in [1.82, 2.24) is 0 Å². The van der Waals surface area contributed by atoms with Crippen LogP contribution in [-0.4, -0.2) is 11.9 Å². The largest absolute Gasteiger partial charge is 0.386 e. The predicted molar refractivity (Wildman–Crippen MR) is 38.6 cm³/mol. The van der Waals surface area contributed by atoms with Crippen molar-refractivity contribution >= 4 is 11.9 Å². The fourth-order valence-electron chi connectivity index (χ4n) is 0.928. The maximum Gasteiger partial charge on any atom is 0.346 e. The Bertz CT molecular complexity index is 280. The van der Waals surface area contributed by atoms with E-state index in [1.165, 1.54) is 0 Å². The Balaban J connectivity index is 3.19. The monoisotopic (exact) mass is 152 g/mol. The number of carbonyl (C=O) groups is 2. The minimum absolute atomic E-state index is 0.162. The van der Waals surface area contributed by atoms with Gasteiger partial charge in [0.2, 0.25) is 0 Å². The second kappa shape index (κ2) is 2.34. The number of hydrogen-bond acceptors (Lipinski definition) is 3. The molecule has 1 heterocycles. The highest BCUT2D eigenvalue weighted by molar-refractivity contribution is 6.18. The molecule has 0 radical (unpaired) electrons. The molecule has 11 heavy (non-hydrogen) atoms. The van der Waals surface area contributed by atoms with Crippen LogP contribution in [-0.2, 0) is 14.3 Å². The molecule has 1 rings (SSSR count). The Kier molecular flexibility index (Phi) is 1.64. The molecule has 58 valence electrons. The Morgan fingerprint density at radius 2 is 1.82 bits per heavy atom. The molecule has 0 atom stereocenters. The highest BCUT2D eigenvalue weighted by atomic mass is 16.6. The molecule has 1 aliphatic rings. The van der Waals surface area contributed by atoms with Gasteiger partial charge in [-0.15, -0.1) is 0 Å². The van der Waals surface area contributed by atoms with Crippen LogP contribution in [0.2, 0.25) is 0 Å². The molecule has 1 saturated heterocycles.